The van der Waals surface area contributed by atoms with Gasteiger partial charge in [0, 0.05) is 13.0 Å². The summed E-state index contributed by atoms with van der Waals surface area (Å²) in [4.78, 5) is 3.81. The van der Waals surface area contributed by atoms with E-state index in [9.17, 15) is 13.2 Å². The highest BCUT2D eigenvalue weighted by Gasteiger charge is 2.41. The number of hydrogen-bond donors (Lipinski definition) is 0. The molecule has 0 aromatic rings. The standard InChI is InChI=1S/C7H10F3NO/c1-12-6-4-5(2-3-11-6)7(8,9)10/h5H,2-4H2,1H3. The highest BCUT2D eigenvalue weighted by molar-refractivity contribution is 5.76. The lowest BCUT2D eigenvalue weighted by Crippen LogP contribution is -2.29. The molecule has 1 unspecified atom stereocenters. The summed E-state index contributed by atoms with van der Waals surface area (Å²) in [7, 11) is 1.34. The van der Waals surface area contributed by atoms with Gasteiger partial charge in [0.25, 0.3) is 0 Å². The van der Waals surface area contributed by atoms with Gasteiger partial charge in [0.15, 0.2) is 5.90 Å². The van der Waals surface area contributed by atoms with E-state index in [4.69, 9.17) is 0 Å². The van der Waals surface area contributed by atoms with Crippen LogP contribution in [-0.4, -0.2) is 25.7 Å². The van der Waals surface area contributed by atoms with Crippen molar-refractivity contribution >= 4 is 5.90 Å². The number of alkyl halides is 3. The summed E-state index contributed by atoms with van der Waals surface area (Å²) >= 11 is 0. The fourth-order valence-corrected chi connectivity index (χ4v) is 1.15. The highest BCUT2D eigenvalue weighted by Crippen LogP contribution is 2.33. The van der Waals surface area contributed by atoms with Crippen LogP contribution in [0.5, 0.6) is 0 Å². The summed E-state index contributed by atoms with van der Waals surface area (Å²) in [5.74, 6) is -1.06. The van der Waals surface area contributed by atoms with Crippen LogP contribution in [0.4, 0.5) is 13.2 Å². The maximum absolute atomic E-state index is 12.1. The van der Waals surface area contributed by atoms with E-state index in [0.29, 0.717) is 0 Å². The quantitative estimate of drug-likeness (QED) is 0.560. The Kier molecular flexibility index (Phi) is 2.59. The topological polar surface area (TPSA) is 21.6 Å². The summed E-state index contributed by atoms with van der Waals surface area (Å²) in [6.45, 7) is 0.216. The van der Waals surface area contributed by atoms with E-state index in [-0.39, 0.29) is 25.3 Å². The van der Waals surface area contributed by atoms with Crippen LogP contribution >= 0.6 is 0 Å². The van der Waals surface area contributed by atoms with Crippen LogP contribution in [0.15, 0.2) is 4.99 Å². The minimum absolute atomic E-state index is 0.0797. The van der Waals surface area contributed by atoms with Crippen LogP contribution < -0.4 is 0 Å². The highest BCUT2D eigenvalue weighted by atomic mass is 19.4. The molecule has 0 saturated carbocycles. The molecule has 0 fully saturated rings. The second-order valence-corrected chi connectivity index (χ2v) is 2.71. The van der Waals surface area contributed by atoms with Gasteiger partial charge in [0.1, 0.15) is 0 Å². The number of rotatable bonds is 0. The van der Waals surface area contributed by atoms with Gasteiger partial charge in [0.05, 0.1) is 13.0 Å². The molecule has 1 aliphatic rings. The van der Waals surface area contributed by atoms with Gasteiger partial charge in [0.2, 0.25) is 0 Å². The number of methoxy groups -OCH3 is 1. The Morgan fingerprint density at radius 2 is 2.17 bits per heavy atom. The maximum Gasteiger partial charge on any atom is 0.392 e. The number of ether oxygens (including phenoxy) is 1. The van der Waals surface area contributed by atoms with Crippen LogP contribution in [0.25, 0.3) is 0 Å². The van der Waals surface area contributed by atoms with Gasteiger partial charge in [-0.05, 0) is 6.42 Å². The Morgan fingerprint density at radius 1 is 1.50 bits per heavy atom. The average molecular weight is 181 g/mol. The third-order valence-electron chi connectivity index (χ3n) is 1.89. The molecule has 0 aromatic heterocycles. The molecule has 2 nitrogen and oxygen atoms in total. The largest absolute Gasteiger partial charge is 0.484 e. The lowest BCUT2D eigenvalue weighted by atomic mass is 9.98. The van der Waals surface area contributed by atoms with E-state index in [1.165, 1.54) is 7.11 Å². The second-order valence-electron chi connectivity index (χ2n) is 2.71. The van der Waals surface area contributed by atoms with Crippen molar-refractivity contribution in [3.8, 4) is 0 Å². The molecule has 0 radical (unpaired) electrons. The van der Waals surface area contributed by atoms with E-state index >= 15 is 0 Å². The molecule has 0 bridgehead atoms. The van der Waals surface area contributed by atoms with Gasteiger partial charge < -0.3 is 4.74 Å². The molecule has 0 N–H and O–H groups in total. The number of aliphatic imine (C=N–C) groups is 1. The molecule has 0 saturated heterocycles. The number of halogens is 3. The Hall–Kier alpha value is -0.740. The predicted molar refractivity (Wildman–Crippen MR) is 38.1 cm³/mol. The molecule has 0 aliphatic carbocycles. The van der Waals surface area contributed by atoms with Crippen molar-refractivity contribution in [3.63, 3.8) is 0 Å². The fraction of sp³-hybridized carbons (Fsp3) is 0.857. The third-order valence-corrected chi connectivity index (χ3v) is 1.89. The van der Waals surface area contributed by atoms with E-state index in [0.717, 1.165) is 0 Å². The van der Waals surface area contributed by atoms with E-state index in [1.807, 2.05) is 0 Å². The molecule has 70 valence electrons. The van der Waals surface area contributed by atoms with Crippen molar-refractivity contribution in [2.75, 3.05) is 13.7 Å². The van der Waals surface area contributed by atoms with Crippen molar-refractivity contribution in [1.29, 1.82) is 0 Å². The van der Waals surface area contributed by atoms with Gasteiger partial charge in [-0.1, -0.05) is 0 Å². The Balaban J connectivity index is 2.57. The summed E-state index contributed by atoms with van der Waals surface area (Å²) in [6, 6.07) is 0. The molecule has 0 aromatic carbocycles. The smallest absolute Gasteiger partial charge is 0.392 e. The van der Waals surface area contributed by atoms with Gasteiger partial charge in [-0.3, -0.25) is 4.99 Å². The lowest BCUT2D eigenvalue weighted by molar-refractivity contribution is -0.175. The fourth-order valence-electron chi connectivity index (χ4n) is 1.15. The molecule has 0 spiro atoms. The van der Waals surface area contributed by atoms with Gasteiger partial charge >= 0.3 is 6.18 Å². The predicted octanol–water partition coefficient (Wildman–Crippen LogP) is 2.00. The summed E-state index contributed by atoms with van der Waals surface area (Å²) in [5.41, 5.74) is 0. The normalized spacial score (nSPS) is 25.0. The molecular formula is C7H10F3NO. The minimum atomic E-state index is -4.11. The van der Waals surface area contributed by atoms with E-state index in [1.54, 1.807) is 0 Å². The second kappa shape index (κ2) is 3.33. The molecule has 1 heterocycles. The van der Waals surface area contributed by atoms with Crippen molar-refractivity contribution < 1.29 is 17.9 Å². The first-order valence-electron chi connectivity index (χ1n) is 3.68. The Labute approximate surface area is 68.4 Å². The molecule has 0 amide bonds. The monoisotopic (exact) mass is 181 g/mol. The first-order chi connectivity index (χ1) is 5.54. The van der Waals surface area contributed by atoms with Gasteiger partial charge in [-0.15, -0.1) is 0 Å². The van der Waals surface area contributed by atoms with Crippen molar-refractivity contribution in [3.05, 3.63) is 0 Å². The van der Waals surface area contributed by atoms with Crippen molar-refractivity contribution in [1.82, 2.24) is 0 Å². The van der Waals surface area contributed by atoms with E-state index < -0.39 is 12.1 Å². The Morgan fingerprint density at radius 3 is 2.67 bits per heavy atom. The van der Waals surface area contributed by atoms with Crippen LogP contribution in [0.1, 0.15) is 12.8 Å². The zero-order valence-corrected chi connectivity index (χ0v) is 6.69. The molecular weight excluding hydrogens is 171 g/mol. The first kappa shape index (κ1) is 9.35. The van der Waals surface area contributed by atoms with E-state index in [2.05, 4.69) is 9.73 Å². The average Bonchev–Trinajstić information content (AvgIpc) is 2.03. The Bertz CT molecular complexity index is 188. The molecule has 1 atom stereocenters. The zero-order chi connectivity index (χ0) is 9.19. The zero-order valence-electron chi connectivity index (χ0n) is 6.69. The lowest BCUT2D eigenvalue weighted by Gasteiger charge is -2.23. The van der Waals surface area contributed by atoms with Crippen LogP contribution in [0.3, 0.4) is 0 Å². The summed E-state index contributed by atoms with van der Waals surface area (Å²) < 4.78 is 41.1. The van der Waals surface area contributed by atoms with Crippen molar-refractivity contribution in [2.24, 2.45) is 10.9 Å². The van der Waals surface area contributed by atoms with Crippen LogP contribution in [-0.2, 0) is 4.74 Å². The first-order valence-corrected chi connectivity index (χ1v) is 3.68. The number of nitrogens with zero attached hydrogens (tertiary/aromatic N) is 1. The summed E-state index contributed by atoms with van der Waals surface area (Å²) in [6.07, 6.45) is -4.14. The minimum Gasteiger partial charge on any atom is -0.484 e. The molecule has 12 heavy (non-hydrogen) atoms. The number of hydrogen-bond acceptors (Lipinski definition) is 2. The van der Waals surface area contributed by atoms with Gasteiger partial charge in [-0.25, -0.2) is 0 Å². The SMILES string of the molecule is COC1=NCCC(C(F)(F)F)C1. The molecule has 1 rings (SSSR count). The van der Waals surface area contributed by atoms with Crippen molar-refractivity contribution in [2.45, 2.75) is 19.0 Å². The molecule has 5 heteroatoms. The third kappa shape index (κ3) is 2.12. The van der Waals surface area contributed by atoms with Gasteiger partial charge in [-0.2, -0.15) is 13.2 Å². The van der Waals surface area contributed by atoms with Crippen LogP contribution in [0.2, 0.25) is 0 Å². The summed E-state index contributed by atoms with van der Waals surface area (Å²) in [5, 5.41) is 0. The van der Waals surface area contributed by atoms with Crippen LogP contribution in [0, 0.1) is 5.92 Å². The molecule has 1 aliphatic heterocycles. The maximum atomic E-state index is 12.1.